The van der Waals surface area contributed by atoms with E-state index in [1.807, 2.05) is 0 Å². The Labute approximate surface area is 133 Å². The van der Waals surface area contributed by atoms with Crippen molar-refractivity contribution in [2.45, 2.75) is 32.0 Å². The van der Waals surface area contributed by atoms with E-state index in [0.717, 1.165) is 0 Å². The standard InChI is InChI=1S/C20H25NO/c1-14-18(16-10-6-4-7-11-16)21(3)19(15(2)20(14)22)17-12-8-5-9-13-17/h4-15,18-20,22H,1-3H3/p+1/t14-,15-,18-,19+,20?/m1/s1. The van der Waals surface area contributed by atoms with Gasteiger partial charge in [-0.2, -0.15) is 0 Å². The number of rotatable bonds is 2. The average Bonchev–Trinajstić information content (AvgIpc) is 2.55. The summed E-state index contributed by atoms with van der Waals surface area (Å²) in [6.07, 6.45) is -0.279. The van der Waals surface area contributed by atoms with Gasteiger partial charge < -0.3 is 10.0 Å². The van der Waals surface area contributed by atoms with Crippen LogP contribution in [0.25, 0.3) is 0 Å². The fourth-order valence-electron chi connectivity index (χ4n) is 4.35. The molecule has 0 aliphatic carbocycles. The van der Waals surface area contributed by atoms with E-state index in [1.165, 1.54) is 16.0 Å². The van der Waals surface area contributed by atoms with Crippen LogP contribution in [-0.2, 0) is 0 Å². The third kappa shape index (κ3) is 2.57. The first-order chi connectivity index (χ1) is 10.6. The monoisotopic (exact) mass is 296 g/mol. The Balaban J connectivity index is 2.01. The summed E-state index contributed by atoms with van der Waals surface area (Å²) in [5.41, 5.74) is 2.64. The molecule has 6 atom stereocenters. The maximum absolute atomic E-state index is 10.8. The van der Waals surface area contributed by atoms with Gasteiger partial charge in [-0.1, -0.05) is 74.5 Å². The molecule has 0 amide bonds. The van der Waals surface area contributed by atoms with E-state index in [1.54, 1.807) is 0 Å². The summed E-state index contributed by atoms with van der Waals surface area (Å²) in [6.45, 7) is 4.37. The molecule has 0 spiro atoms. The molecule has 0 saturated carbocycles. The zero-order chi connectivity index (χ0) is 15.7. The second-order valence-corrected chi connectivity index (χ2v) is 6.73. The SMILES string of the molecule is C[C@H]1C(O)[C@H](C)[C@H](c2ccccc2)[NH+](C)[C@@H]1c1ccccc1. The van der Waals surface area contributed by atoms with Crippen molar-refractivity contribution in [2.75, 3.05) is 7.05 Å². The molecule has 1 aliphatic rings. The molecule has 2 nitrogen and oxygen atoms in total. The normalized spacial score (nSPS) is 35.3. The summed E-state index contributed by atoms with van der Waals surface area (Å²) in [4.78, 5) is 1.47. The number of benzene rings is 2. The third-order valence-electron chi connectivity index (χ3n) is 5.43. The number of piperidine rings is 1. The molecule has 2 heteroatoms. The molecular formula is C20H26NO+. The molecule has 0 bridgehead atoms. The summed E-state index contributed by atoms with van der Waals surface area (Å²) in [5.74, 6) is 0.495. The highest BCUT2D eigenvalue weighted by molar-refractivity contribution is 5.22. The van der Waals surface area contributed by atoms with E-state index in [0.29, 0.717) is 12.1 Å². The minimum absolute atomic E-state index is 0.248. The Kier molecular flexibility index (Phi) is 4.32. The molecule has 116 valence electrons. The van der Waals surface area contributed by atoms with Crippen LogP contribution in [0, 0.1) is 11.8 Å². The number of hydrogen-bond donors (Lipinski definition) is 2. The van der Waals surface area contributed by atoms with Crippen LogP contribution >= 0.6 is 0 Å². The molecule has 2 aromatic rings. The second-order valence-electron chi connectivity index (χ2n) is 6.73. The van der Waals surface area contributed by atoms with Crippen molar-refractivity contribution < 1.29 is 10.0 Å². The minimum Gasteiger partial charge on any atom is -0.392 e. The predicted molar refractivity (Wildman–Crippen MR) is 89.6 cm³/mol. The zero-order valence-electron chi connectivity index (χ0n) is 13.6. The van der Waals surface area contributed by atoms with E-state index in [2.05, 4.69) is 81.6 Å². The Bertz CT molecular complexity index is 544. The molecule has 0 radical (unpaired) electrons. The summed E-state index contributed by atoms with van der Waals surface area (Å²) in [5, 5.41) is 10.8. The van der Waals surface area contributed by atoms with E-state index >= 15 is 0 Å². The van der Waals surface area contributed by atoms with E-state index < -0.39 is 0 Å². The van der Waals surface area contributed by atoms with Gasteiger partial charge in [0.15, 0.2) is 0 Å². The number of aliphatic hydroxyl groups excluding tert-OH is 1. The van der Waals surface area contributed by atoms with Gasteiger partial charge in [0.1, 0.15) is 12.1 Å². The largest absolute Gasteiger partial charge is 0.392 e. The van der Waals surface area contributed by atoms with Gasteiger partial charge in [-0.25, -0.2) is 0 Å². The molecule has 1 aliphatic heterocycles. The maximum atomic E-state index is 10.8. The molecule has 0 aromatic heterocycles. The van der Waals surface area contributed by atoms with Gasteiger partial charge in [-0.05, 0) is 0 Å². The first kappa shape index (κ1) is 15.3. The van der Waals surface area contributed by atoms with Crippen LogP contribution in [0.4, 0.5) is 0 Å². The van der Waals surface area contributed by atoms with Crippen molar-refractivity contribution in [2.24, 2.45) is 11.8 Å². The first-order valence-electron chi connectivity index (χ1n) is 8.22. The summed E-state index contributed by atoms with van der Waals surface area (Å²) >= 11 is 0. The Morgan fingerprint density at radius 3 is 1.45 bits per heavy atom. The van der Waals surface area contributed by atoms with Crippen LogP contribution in [0.15, 0.2) is 60.7 Å². The molecule has 2 aromatic carbocycles. The fourth-order valence-corrected chi connectivity index (χ4v) is 4.35. The second kappa shape index (κ2) is 6.23. The smallest absolute Gasteiger partial charge is 0.118 e. The number of quaternary nitrogens is 1. The van der Waals surface area contributed by atoms with Crippen molar-refractivity contribution in [1.82, 2.24) is 0 Å². The first-order valence-corrected chi connectivity index (χ1v) is 8.22. The van der Waals surface area contributed by atoms with Gasteiger partial charge in [0, 0.05) is 23.0 Å². The van der Waals surface area contributed by atoms with Gasteiger partial charge in [0.05, 0.1) is 13.2 Å². The highest BCUT2D eigenvalue weighted by Gasteiger charge is 2.47. The van der Waals surface area contributed by atoms with E-state index in [-0.39, 0.29) is 17.9 Å². The third-order valence-corrected chi connectivity index (χ3v) is 5.43. The maximum Gasteiger partial charge on any atom is 0.118 e. The van der Waals surface area contributed by atoms with E-state index in [4.69, 9.17) is 0 Å². The number of nitrogens with one attached hydrogen (secondary N) is 1. The van der Waals surface area contributed by atoms with Gasteiger partial charge in [-0.3, -0.25) is 0 Å². The van der Waals surface area contributed by atoms with Crippen LogP contribution in [0.2, 0.25) is 0 Å². The average molecular weight is 296 g/mol. The molecule has 1 heterocycles. The molecule has 1 saturated heterocycles. The highest BCUT2D eigenvalue weighted by Crippen LogP contribution is 2.36. The summed E-state index contributed by atoms with van der Waals surface area (Å²) in [6, 6.07) is 21.9. The molecular weight excluding hydrogens is 270 g/mol. The van der Waals surface area contributed by atoms with Crippen molar-refractivity contribution in [3.63, 3.8) is 0 Å². The van der Waals surface area contributed by atoms with Crippen LogP contribution in [0.1, 0.15) is 37.1 Å². The number of likely N-dealkylation sites (tertiary alicyclic amines) is 1. The summed E-state index contributed by atoms with van der Waals surface area (Å²) < 4.78 is 0. The molecule has 1 fully saturated rings. The van der Waals surface area contributed by atoms with Crippen LogP contribution < -0.4 is 4.90 Å². The van der Waals surface area contributed by atoms with Crippen molar-refractivity contribution >= 4 is 0 Å². The lowest BCUT2D eigenvalue weighted by Gasteiger charge is -2.47. The Hall–Kier alpha value is -1.64. The Morgan fingerprint density at radius 1 is 0.727 bits per heavy atom. The van der Waals surface area contributed by atoms with Crippen molar-refractivity contribution in [1.29, 1.82) is 0 Å². The number of aliphatic hydroxyl groups is 1. The lowest BCUT2D eigenvalue weighted by Crippen LogP contribution is -3.12. The molecule has 3 rings (SSSR count). The topological polar surface area (TPSA) is 24.7 Å². The lowest BCUT2D eigenvalue weighted by atomic mass is 9.74. The molecule has 2 N–H and O–H groups in total. The predicted octanol–water partition coefficient (Wildman–Crippen LogP) is 2.63. The quantitative estimate of drug-likeness (QED) is 0.875. The Morgan fingerprint density at radius 2 is 1.09 bits per heavy atom. The van der Waals surface area contributed by atoms with Crippen molar-refractivity contribution in [3.8, 4) is 0 Å². The van der Waals surface area contributed by atoms with Crippen LogP contribution in [0.3, 0.4) is 0 Å². The highest BCUT2D eigenvalue weighted by atomic mass is 16.3. The zero-order valence-corrected chi connectivity index (χ0v) is 13.6. The van der Waals surface area contributed by atoms with Gasteiger partial charge in [0.2, 0.25) is 0 Å². The lowest BCUT2D eigenvalue weighted by molar-refractivity contribution is -0.959. The minimum atomic E-state index is -0.279. The van der Waals surface area contributed by atoms with Crippen molar-refractivity contribution in [3.05, 3.63) is 71.8 Å². The summed E-state index contributed by atoms with van der Waals surface area (Å²) in [7, 11) is 2.27. The molecule has 2 unspecified atom stereocenters. The van der Waals surface area contributed by atoms with Gasteiger partial charge in [-0.15, -0.1) is 0 Å². The van der Waals surface area contributed by atoms with Crippen LogP contribution in [0.5, 0.6) is 0 Å². The number of hydrogen-bond acceptors (Lipinski definition) is 1. The van der Waals surface area contributed by atoms with Gasteiger partial charge in [0.25, 0.3) is 0 Å². The fraction of sp³-hybridized carbons (Fsp3) is 0.400. The molecule has 22 heavy (non-hydrogen) atoms. The van der Waals surface area contributed by atoms with E-state index in [9.17, 15) is 5.11 Å². The van der Waals surface area contributed by atoms with Gasteiger partial charge >= 0.3 is 0 Å². The van der Waals surface area contributed by atoms with Crippen LogP contribution in [-0.4, -0.2) is 18.3 Å².